The highest BCUT2D eigenvalue weighted by Crippen LogP contribution is 2.25. The molecule has 1 N–H and O–H groups in total. The smallest absolute Gasteiger partial charge is 0.228 e. The number of hydrogen-bond donors (Lipinski definition) is 1. The first-order valence-electron chi connectivity index (χ1n) is 6.39. The molecule has 1 aromatic heterocycles. The van der Waals surface area contributed by atoms with Crippen LogP contribution < -0.4 is 10.2 Å². The molecular weight excluding hydrogens is 229 g/mol. The zero-order valence-corrected chi connectivity index (χ0v) is 10.2. The molecule has 2 aliphatic heterocycles. The van der Waals surface area contributed by atoms with Crippen molar-refractivity contribution in [3.05, 3.63) is 23.8 Å². The Labute approximate surface area is 106 Å². The molecule has 0 amide bonds. The van der Waals surface area contributed by atoms with Gasteiger partial charge in [-0.3, -0.25) is 0 Å². The molecule has 0 aromatic carbocycles. The van der Waals surface area contributed by atoms with Gasteiger partial charge in [-0.25, -0.2) is 4.98 Å². The summed E-state index contributed by atoms with van der Waals surface area (Å²) in [6.45, 7) is 1.93. The lowest BCUT2D eigenvalue weighted by Crippen LogP contribution is -2.35. The Balaban J connectivity index is 1.84. The summed E-state index contributed by atoms with van der Waals surface area (Å²) in [6, 6.07) is 2.90. The standard InChI is InChI=1S/C14H16FN3/c1-2-10-7-13(8-16-14(10)15)18-6-5-11-3-4-12(9-18)17-11/h1,7-8,11-12,17H,3-6,9H2/t11-,12+/m0/s1. The summed E-state index contributed by atoms with van der Waals surface area (Å²) in [7, 11) is 0. The number of anilines is 1. The van der Waals surface area contributed by atoms with Crippen molar-refractivity contribution in [1.82, 2.24) is 10.3 Å². The number of rotatable bonds is 1. The molecule has 2 fully saturated rings. The van der Waals surface area contributed by atoms with Crippen LogP contribution in [-0.2, 0) is 0 Å². The third-order valence-electron chi connectivity index (χ3n) is 3.87. The van der Waals surface area contributed by atoms with Crippen LogP contribution in [0.15, 0.2) is 12.3 Å². The van der Waals surface area contributed by atoms with Gasteiger partial charge < -0.3 is 10.2 Å². The van der Waals surface area contributed by atoms with Crippen LogP contribution in [-0.4, -0.2) is 30.2 Å². The first kappa shape index (κ1) is 11.5. The molecule has 94 valence electrons. The summed E-state index contributed by atoms with van der Waals surface area (Å²) in [6.07, 6.45) is 10.5. The van der Waals surface area contributed by atoms with Crippen molar-refractivity contribution in [3.63, 3.8) is 0 Å². The van der Waals surface area contributed by atoms with Crippen molar-refractivity contribution in [3.8, 4) is 12.3 Å². The second-order valence-electron chi connectivity index (χ2n) is 5.05. The van der Waals surface area contributed by atoms with Gasteiger partial charge in [0, 0.05) is 25.2 Å². The second-order valence-corrected chi connectivity index (χ2v) is 5.05. The van der Waals surface area contributed by atoms with Crippen LogP contribution in [0.2, 0.25) is 0 Å². The highest BCUT2D eigenvalue weighted by molar-refractivity contribution is 5.50. The lowest BCUT2D eigenvalue weighted by atomic mass is 10.1. The fourth-order valence-corrected chi connectivity index (χ4v) is 2.89. The van der Waals surface area contributed by atoms with Gasteiger partial charge >= 0.3 is 0 Å². The van der Waals surface area contributed by atoms with E-state index in [0.717, 1.165) is 25.2 Å². The second kappa shape index (κ2) is 4.58. The number of pyridine rings is 1. The largest absolute Gasteiger partial charge is 0.369 e. The van der Waals surface area contributed by atoms with Gasteiger partial charge in [0.05, 0.1) is 17.4 Å². The molecular formula is C14H16FN3. The summed E-state index contributed by atoms with van der Waals surface area (Å²) < 4.78 is 13.3. The monoisotopic (exact) mass is 245 g/mol. The third-order valence-corrected chi connectivity index (χ3v) is 3.87. The van der Waals surface area contributed by atoms with E-state index in [9.17, 15) is 4.39 Å². The Bertz CT molecular complexity index is 494. The number of halogens is 1. The molecule has 0 aliphatic carbocycles. The molecule has 0 unspecified atom stereocenters. The van der Waals surface area contributed by atoms with Gasteiger partial charge in [-0.05, 0) is 25.3 Å². The molecule has 2 saturated heterocycles. The quantitative estimate of drug-likeness (QED) is 0.601. The number of fused-ring (bicyclic) bond motifs is 2. The zero-order valence-electron chi connectivity index (χ0n) is 10.2. The summed E-state index contributed by atoms with van der Waals surface area (Å²) in [5.74, 6) is 1.79. The summed E-state index contributed by atoms with van der Waals surface area (Å²) in [5.41, 5.74) is 1.17. The third kappa shape index (κ3) is 2.06. The van der Waals surface area contributed by atoms with Crippen LogP contribution in [0.1, 0.15) is 24.8 Å². The van der Waals surface area contributed by atoms with Crippen molar-refractivity contribution in [2.24, 2.45) is 0 Å². The lowest BCUT2D eigenvalue weighted by molar-refractivity contribution is 0.563. The minimum atomic E-state index is -0.560. The molecule has 2 aliphatic rings. The van der Waals surface area contributed by atoms with E-state index in [1.807, 2.05) is 0 Å². The molecule has 3 rings (SSSR count). The van der Waals surface area contributed by atoms with Gasteiger partial charge in [0.1, 0.15) is 0 Å². The van der Waals surface area contributed by atoms with Crippen LogP contribution in [0.3, 0.4) is 0 Å². The fraction of sp³-hybridized carbons (Fsp3) is 0.500. The van der Waals surface area contributed by atoms with Crippen LogP contribution in [0.5, 0.6) is 0 Å². The van der Waals surface area contributed by atoms with E-state index in [1.54, 1.807) is 12.3 Å². The molecule has 0 spiro atoms. The summed E-state index contributed by atoms with van der Waals surface area (Å²) in [5, 5.41) is 3.62. The highest BCUT2D eigenvalue weighted by Gasteiger charge is 2.29. The van der Waals surface area contributed by atoms with Crippen LogP contribution >= 0.6 is 0 Å². The van der Waals surface area contributed by atoms with E-state index in [-0.39, 0.29) is 5.56 Å². The van der Waals surface area contributed by atoms with Crippen molar-refractivity contribution in [1.29, 1.82) is 0 Å². The maximum absolute atomic E-state index is 13.3. The molecule has 4 heteroatoms. The van der Waals surface area contributed by atoms with Crippen LogP contribution in [0.25, 0.3) is 0 Å². The number of nitrogens with zero attached hydrogens (tertiary/aromatic N) is 2. The van der Waals surface area contributed by atoms with Crippen molar-refractivity contribution in [2.45, 2.75) is 31.3 Å². The molecule has 2 atom stereocenters. The summed E-state index contributed by atoms with van der Waals surface area (Å²) >= 11 is 0. The van der Waals surface area contributed by atoms with Crippen molar-refractivity contribution in [2.75, 3.05) is 18.0 Å². The zero-order chi connectivity index (χ0) is 12.5. The molecule has 18 heavy (non-hydrogen) atoms. The lowest BCUT2D eigenvalue weighted by Gasteiger charge is -2.26. The minimum Gasteiger partial charge on any atom is -0.369 e. The van der Waals surface area contributed by atoms with Gasteiger partial charge in [-0.15, -0.1) is 6.42 Å². The molecule has 0 saturated carbocycles. The Kier molecular flexibility index (Phi) is 2.92. The average Bonchev–Trinajstić information content (AvgIpc) is 2.70. The van der Waals surface area contributed by atoms with E-state index in [0.29, 0.717) is 12.1 Å². The SMILES string of the molecule is C#Cc1cc(N2CC[C@@H]3CC[C@H](C2)N3)cnc1F. The van der Waals surface area contributed by atoms with Gasteiger partial charge in [0.25, 0.3) is 0 Å². The predicted octanol–water partition coefficient (Wildman–Crippen LogP) is 1.53. The average molecular weight is 245 g/mol. The van der Waals surface area contributed by atoms with E-state index < -0.39 is 5.95 Å². The summed E-state index contributed by atoms with van der Waals surface area (Å²) in [4.78, 5) is 6.00. The number of hydrogen-bond acceptors (Lipinski definition) is 3. The Morgan fingerprint density at radius 3 is 3.06 bits per heavy atom. The van der Waals surface area contributed by atoms with E-state index in [4.69, 9.17) is 6.42 Å². The Morgan fingerprint density at radius 1 is 1.39 bits per heavy atom. The Morgan fingerprint density at radius 2 is 2.22 bits per heavy atom. The number of nitrogens with one attached hydrogen (secondary N) is 1. The first-order chi connectivity index (χ1) is 8.76. The first-order valence-corrected chi connectivity index (χ1v) is 6.39. The molecule has 3 nitrogen and oxygen atoms in total. The predicted molar refractivity (Wildman–Crippen MR) is 68.9 cm³/mol. The van der Waals surface area contributed by atoms with E-state index >= 15 is 0 Å². The van der Waals surface area contributed by atoms with E-state index in [1.165, 1.54) is 12.8 Å². The minimum absolute atomic E-state index is 0.245. The van der Waals surface area contributed by atoms with Crippen molar-refractivity contribution < 1.29 is 4.39 Å². The van der Waals surface area contributed by atoms with Gasteiger partial charge in [0.15, 0.2) is 0 Å². The van der Waals surface area contributed by atoms with Crippen molar-refractivity contribution >= 4 is 5.69 Å². The highest BCUT2D eigenvalue weighted by atomic mass is 19.1. The van der Waals surface area contributed by atoms with E-state index in [2.05, 4.69) is 21.1 Å². The normalized spacial score (nSPS) is 26.8. The van der Waals surface area contributed by atoms with Crippen LogP contribution in [0, 0.1) is 18.3 Å². The maximum atomic E-state index is 13.3. The van der Waals surface area contributed by atoms with Crippen LogP contribution in [0.4, 0.5) is 10.1 Å². The fourth-order valence-electron chi connectivity index (χ4n) is 2.89. The van der Waals surface area contributed by atoms with Gasteiger partial charge in [0.2, 0.25) is 5.95 Å². The topological polar surface area (TPSA) is 28.2 Å². The number of terminal acetylenes is 1. The molecule has 0 radical (unpaired) electrons. The number of aromatic nitrogens is 1. The maximum Gasteiger partial charge on any atom is 0.228 e. The van der Waals surface area contributed by atoms with Gasteiger partial charge in [-0.2, -0.15) is 4.39 Å². The molecule has 2 bridgehead atoms. The Hall–Kier alpha value is -1.60. The molecule has 3 heterocycles. The molecule has 1 aromatic rings. The van der Waals surface area contributed by atoms with Gasteiger partial charge in [-0.1, -0.05) is 5.92 Å².